The van der Waals surface area contributed by atoms with E-state index in [1.165, 1.54) is 0 Å². The topological polar surface area (TPSA) is 12.9 Å². The normalized spacial score (nSPS) is 12.8. The van der Waals surface area contributed by atoms with E-state index in [1.54, 1.807) is 0 Å². The van der Waals surface area contributed by atoms with E-state index in [-0.39, 0.29) is 0 Å². The van der Waals surface area contributed by atoms with Gasteiger partial charge in [0, 0.05) is 0 Å². The molecule has 0 fully saturated rings. The lowest BCUT2D eigenvalue weighted by molar-refractivity contribution is 0.513. The highest BCUT2D eigenvalue weighted by Gasteiger charge is 1.89. The van der Waals surface area contributed by atoms with Crippen LogP contribution >= 0.6 is 0 Å². The number of aromatic nitrogens is 1. The van der Waals surface area contributed by atoms with Crippen molar-refractivity contribution in [2.45, 2.75) is 0 Å². The van der Waals surface area contributed by atoms with Crippen molar-refractivity contribution >= 4 is 0 Å². The van der Waals surface area contributed by atoms with Gasteiger partial charge in [-0.25, -0.2) is 0 Å². The monoisotopic (exact) mass is 117 g/mol. The maximum atomic E-state index is 12.1. The molecule has 0 unspecified atom stereocenters. The van der Waals surface area contributed by atoms with E-state index in [2.05, 4.69) is 4.98 Å². The van der Waals surface area contributed by atoms with Gasteiger partial charge in [0.1, 0.15) is 0 Å². The van der Waals surface area contributed by atoms with Crippen LogP contribution in [0.15, 0.2) is 18.2 Å². The first-order valence-electron chi connectivity index (χ1n) is 2.90. The standard InChI is InChI=1S/C5H3F2N/c6-4-2-1-3-5(7)8-4/h1-3H/i2D,3D. The van der Waals surface area contributed by atoms with Crippen LogP contribution in [0.1, 0.15) is 2.74 Å². The largest absolute Gasteiger partial charge is 0.215 e. The first-order chi connectivity index (χ1) is 4.61. The predicted molar refractivity (Wildman–Crippen MR) is 24.2 cm³/mol. The van der Waals surface area contributed by atoms with Crippen LogP contribution in [0.4, 0.5) is 8.78 Å². The molecule has 0 atom stereocenters. The Morgan fingerprint density at radius 1 is 1.38 bits per heavy atom. The minimum Gasteiger partial charge on any atom is -0.191 e. The van der Waals surface area contributed by atoms with Crippen molar-refractivity contribution < 1.29 is 11.5 Å². The SMILES string of the molecule is [2H]c1cc([2H])c(F)nc1F. The number of nitrogens with zero attached hydrogens (tertiary/aromatic N) is 1. The Labute approximate surface area is 47.8 Å². The lowest BCUT2D eigenvalue weighted by Crippen LogP contribution is -1.83. The summed E-state index contributed by atoms with van der Waals surface area (Å²) in [4.78, 5) is 2.66. The average molecular weight is 117 g/mol. The number of pyridine rings is 1. The van der Waals surface area contributed by atoms with Gasteiger partial charge in [-0.05, 0) is 12.1 Å². The summed E-state index contributed by atoms with van der Waals surface area (Å²) in [5.41, 5.74) is 0. The van der Waals surface area contributed by atoms with Crippen molar-refractivity contribution in [1.82, 2.24) is 4.98 Å². The third-order valence-corrected chi connectivity index (χ3v) is 0.579. The highest BCUT2D eigenvalue weighted by molar-refractivity contribution is 4.93. The molecule has 0 aromatic carbocycles. The van der Waals surface area contributed by atoms with E-state index in [9.17, 15) is 8.78 Å². The molecule has 42 valence electrons. The Hall–Kier alpha value is -0.990. The highest BCUT2D eigenvalue weighted by Crippen LogP contribution is 1.93. The van der Waals surface area contributed by atoms with Crippen molar-refractivity contribution in [1.29, 1.82) is 0 Å². The smallest absolute Gasteiger partial charge is 0.191 e. The van der Waals surface area contributed by atoms with Crippen molar-refractivity contribution in [3.8, 4) is 0 Å². The highest BCUT2D eigenvalue weighted by atomic mass is 19.1. The molecule has 1 rings (SSSR count). The third kappa shape index (κ3) is 0.992. The first kappa shape index (κ1) is 3.12. The van der Waals surface area contributed by atoms with Crippen LogP contribution in [0.2, 0.25) is 0 Å². The zero-order valence-electron chi connectivity index (χ0n) is 5.78. The first-order valence-corrected chi connectivity index (χ1v) is 1.90. The molecule has 1 aromatic rings. The molecule has 8 heavy (non-hydrogen) atoms. The van der Waals surface area contributed by atoms with Crippen molar-refractivity contribution in [2.75, 3.05) is 0 Å². The van der Waals surface area contributed by atoms with Crippen LogP contribution in [0.25, 0.3) is 0 Å². The summed E-state index contributed by atoms with van der Waals surface area (Å²) in [6.07, 6.45) is 0. The van der Waals surface area contributed by atoms with Gasteiger partial charge in [0.05, 0.1) is 2.74 Å². The molecule has 0 aliphatic carbocycles. The summed E-state index contributed by atoms with van der Waals surface area (Å²) in [6.45, 7) is 0. The maximum Gasteiger partial charge on any atom is 0.215 e. The molecular weight excluding hydrogens is 112 g/mol. The number of halogens is 2. The summed E-state index contributed by atoms with van der Waals surface area (Å²) in [6, 6.07) is -0.365. The van der Waals surface area contributed by atoms with Crippen LogP contribution in [0, 0.1) is 11.9 Å². The predicted octanol–water partition coefficient (Wildman–Crippen LogP) is 1.36. The van der Waals surface area contributed by atoms with Crippen LogP contribution < -0.4 is 0 Å². The number of hydrogen-bond acceptors (Lipinski definition) is 1. The van der Waals surface area contributed by atoms with Gasteiger partial charge in [-0.2, -0.15) is 13.8 Å². The fourth-order valence-corrected chi connectivity index (χ4v) is 0.306. The minimum absolute atomic E-state index is 0.564. The fraction of sp³-hybridized carbons (Fsp3) is 0. The molecule has 0 spiro atoms. The Morgan fingerprint density at radius 2 is 1.88 bits per heavy atom. The summed E-state index contributed by atoms with van der Waals surface area (Å²) >= 11 is 0. The lowest BCUT2D eigenvalue weighted by atomic mass is 10.5. The molecule has 3 heteroatoms. The summed E-state index contributed by atoms with van der Waals surface area (Å²) in [5.74, 6) is -2.37. The Kier molecular flexibility index (Phi) is 0.724. The van der Waals surface area contributed by atoms with Crippen LogP contribution in [-0.4, -0.2) is 4.98 Å². The summed E-state index contributed by atoms with van der Waals surface area (Å²) < 4.78 is 37.7. The Morgan fingerprint density at radius 3 is 2.25 bits per heavy atom. The molecule has 0 saturated heterocycles. The van der Waals surface area contributed by atoms with Gasteiger partial charge in [0.2, 0.25) is 11.9 Å². The van der Waals surface area contributed by atoms with Crippen molar-refractivity contribution in [3.05, 3.63) is 30.0 Å². The van der Waals surface area contributed by atoms with Crippen molar-refractivity contribution in [3.63, 3.8) is 0 Å². The van der Waals surface area contributed by atoms with Crippen LogP contribution in [0.3, 0.4) is 0 Å². The molecule has 1 aromatic heterocycles. The lowest BCUT2D eigenvalue weighted by Gasteiger charge is -1.83. The van der Waals surface area contributed by atoms with E-state index in [0.717, 1.165) is 6.07 Å². The molecule has 1 heterocycles. The van der Waals surface area contributed by atoms with Gasteiger partial charge in [0.25, 0.3) is 0 Å². The van der Waals surface area contributed by atoms with E-state index < -0.39 is 24.0 Å². The van der Waals surface area contributed by atoms with Gasteiger partial charge in [-0.3, -0.25) is 0 Å². The second-order valence-corrected chi connectivity index (χ2v) is 1.13. The summed E-state index contributed by atoms with van der Waals surface area (Å²) in [5, 5.41) is 0. The third-order valence-electron chi connectivity index (χ3n) is 0.579. The molecule has 0 aliphatic heterocycles. The fourth-order valence-electron chi connectivity index (χ4n) is 0.306. The quantitative estimate of drug-likeness (QED) is 0.467. The van der Waals surface area contributed by atoms with Gasteiger partial charge in [-0.15, -0.1) is 0 Å². The molecule has 0 N–H and O–H groups in total. The number of hydrogen-bond donors (Lipinski definition) is 0. The molecule has 0 aliphatic rings. The van der Waals surface area contributed by atoms with Gasteiger partial charge >= 0.3 is 0 Å². The van der Waals surface area contributed by atoms with Crippen molar-refractivity contribution in [2.24, 2.45) is 0 Å². The minimum atomic E-state index is -1.19. The summed E-state index contributed by atoms with van der Waals surface area (Å²) in [7, 11) is 0. The maximum absolute atomic E-state index is 12.1. The molecule has 0 radical (unpaired) electrons. The van der Waals surface area contributed by atoms with E-state index in [1.807, 2.05) is 0 Å². The zero-order valence-corrected chi connectivity index (χ0v) is 3.78. The Balaban J connectivity index is 3.28. The second-order valence-electron chi connectivity index (χ2n) is 1.13. The number of rotatable bonds is 0. The Bertz CT molecular complexity index is 214. The second kappa shape index (κ2) is 1.86. The van der Waals surface area contributed by atoms with E-state index in [0.29, 0.717) is 0 Å². The molecule has 0 amide bonds. The van der Waals surface area contributed by atoms with Crippen LogP contribution in [0.5, 0.6) is 0 Å². The van der Waals surface area contributed by atoms with Gasteiger partial charge in [0.15, 0.2) is 0 Å². The van der Waals surface area contributed by atoms with Crippen LogP contribution in [-0.2, 0) is 0 Å². The molecule has 0 bridgehead atoms. The average Bonchev–Trinajstić information content (AvgIpc) is 1.84. The van der Waals surface area contributed by atoms with Gasteiger partial charge < -0.3 is 0 Å². The zero-order chi connectivity index (χ0) is 7.72. The van der Waals surface area contributed by atoms with Gasteiger partial charge in [-0.1, -0.05) is 6.07 Å². The molecule has 1 nitrogen and oxygen atoms in total. The van der Waals surface area contributed by atoms with E-state index >= 15 is 0 Å². The molecule has 0 saturated carbocycles. The molecular formula is C5H3F2N. The van der Waals surface area contributed by atoms with E-state index in [4.69, 9.17) is 2.74 Å².